The van der Waals surface area contributed by atoms with Crippen molar-refractivity contribution < 1.29 is 14.8 Å². The number of benzene rings is 3. The molecule has 0 saturated carbocycles. The van der Waals surface area contributed by atoms with Crippen LogP contribution in [0.15, 0.2) is 72.8 Å². The second kappa shape index (κ2) is 9.81. The Morgan fingerprint density at radius 2 is 1.75 bits per heavy atom. The van der Waals surface area contributed by atoms with Crippen molar-refractivity contribution in [2.24, 2.45) is 0 Å². The molecule has 3 aromatic rings. The number of carbonyl (C=O) groups excluding carboxylic acids is 2. The predicted octanol–water partition coefficient (Wildman–Crippen LogP) is 4.97. The van der Waals surface area contributed by atoms with Crippen LogP contribution in [0.2, 0.25) is 5.02 Å². The van der Waals surface area contributed by atoms with Crippen molar-refractivity contribution in [3.63, 3.8) is 0 Å². The zero-order valence-electron chi connectivity index (χ0n) is 17.4. The summed E-state index contributed by atoms with van der Waals surface area (Å²) >= 11 is 6.23. The summed E-state index contributed by atoms with van der Waals surface area (Å²) in [5, 5.41) is 9.53. The minimum atomic E-state index is -0.571. The second-order valence-electron chi connectivity index (χ2n) is 7.73. The maximum atomic E-state index is 13.7. The number of nitrogens with one attached hydrogen (secondary N) is 1. The Kier molecular flexibility index (Phi) is 6.69. The van der Waals surface area contributed by atoms with Crippen molar-refractivity contribution >= 4 is 35.1 Å². The fraction of sp³-hybridized carbons (Fsp3) is 0.154. The highest BCUT2D eigenvalue weighted by atomic mass is 35.5. The molecule has 0 aromatic heterocycles. The summed E-state index contributed by atoms with van der Waals surface area (Å²) in [5.74, 6) is -0.667. The average molecular weight is 447 g/mol. The molecular weight excluding hydrogens is 424 g/mol. The highest BCUT2D eigenvalue weighted by Crippen LogP contribution is 2.27. The van der Waals surface area contributed by atoms with Gasteiger partial charge in [-0.2, -0.15) is 0 Å². The molecule has 5 nitrogen and oxygen atoms in total. The van der Waals surface area contributed by atoms with Crippen molar-refractivity contribution in [3.8, 4) is 0 Å². The van der Waals surface area contributed by atoms with Crippen LogP contribution in [0.3, 0.4) is 0 Å². The van der Waals surface area contributed by atoms with E-state index in [-0.39, 0.29) is 5.91 Å². The van der Waals surface area contributed by atoms with Crippen LogP contribution in [-0.2, 0) is 17.8 Å². The van der Waals surface area contributed by atoms with Gasteiger partial charge in [0.2, 0.25) is 0 Å². The number of rotatable bonds is 4. The fourth-order valence-corrected chi connectivity index (χ4v) is 4.14. The Balaban J connectivity index is 1.71. The van der Waals surface area contributed by atoms with E-state index in [1.54, 1.807) is 29.7 Å². The van der Waals surface area contributed by atoms with Crippen LogP contribution >= 0.6 is 11.6 Å². The molecule has 4 rings (SSSR count). The van der Waals surface area contributed by atoms with E-state index in [9.17, 15) is 9.59 Å². The molecule has 0 spiro atoms. The van der Waals surface area contributed by atoms with E-state index >= 15 is 0 Å². The Hall–Kier alpha value is -3.41. The van der Waals surface area contributed by atoms with E-state index in [2.05, 4.69) is 0 Å². The maximum Gasteiger partial charge on any atom is 0.274 e. The molecule has 0 saturated heterocycles. The third-order valence-corrected chi connectivity index (χ3v) is 5.80. The molecule has 1 heterocycles. The van der Waals surface area contributed by atoms with Crippen LogP contribution in [0.25, 0.3) is 11.6 Å². The van der Waals surface area contributed by atoms with Crippen LogP contribution < -0.4 is 5.48 Å². The quantitative estimate of drug-likeness (QED) is 0.257. The number of hydrogen-bond acceptors (Lipinski definition) is 3. The van der Waals surface area contributed by atoms with Gasteiger partial charge >= 0.3 is 0 Å². The molecule has 0 unspecified atom stereocenters. The van der Waals surface area contributed by atoms with Crippen LogP contribution in [0.4, 0.5) is 0 Å². The van der Waals surface area contributed by atoms with E-state index < -0.39 is 5.91 Å². The molecule has 2 amide bonds. The molecule has 0 aliphatic carbocycles. The third kappa shape index (κ3) is 4.90. The van der Waals surface area contributed by atoms with Crippen LogP contribution in [0.1, 0.15) is 39.0 Å². The minimum absolute atomic E-state index is 0.0963. The summed E-state index contributed by atoms with van der Waals surface area (Å²) < 4.78 is 0. The lowest BCUT2D eigenvalue weighted by atomic mass is 10.00. The normalized spacial score (nSPS) is 13.8. The molecular formula is C26H23ClN2O3. The number of hydrogen-bond donors (Lipinski definition) is 2. The first-order chi connectivity index (χ1) is 15.5. The van der Waals surface area contributed by atoms with Crippen molar-refractivity contribution in [1.29, 1.82) is 0 Å². The average Bonchev–Trinajstić information content (AvgIpc) is 3.04. The van der Waals surface area contributed by atoms with Crippen LogP contribution in [0.5, 0.6) is 0 Å². The molecule has 3 aromatic carbocycles. The van der Waals surface area contributed by atoms with Gasteiger partial charge in [-0.1, -0.05) is 60.1 Å². The Bertz CT molecular complexity index is 1170. The first kappa shape index (κ1) is 21.8. The molecule has 1 aliphatic heterocycles. The molecule has 0 atom stereocenters. The summed E-state index contributed by atoms with van der Waals surface area (Å²) in [7, 11) is 0. The number of nitrogens with zero attached hydrogens (tertiary/aromatic N) is 1. The second-order valence-corrected chi connectivity index (χ2v) is 8.17. The van der Waals surface area contributed by atoms with Gasteiger partial charge in [-0.3, -0.25) is 14.8 Å². The summed E-state index contributed by atoms with van der Waals surface area (Å²) in [5.41, 5.74) is 6.27. The topological polar surface area (TPSA) is 69.6 Å². The molecule has 0 bridgehead atoms. The maximum absolute atomic E-state index is 13.7. The lowest BCUT2D eigenvalue weighted by Crippen LogP contribution is -2.31. The lowest BCUT2D eigenvalue weighted by Gasteiger charge is -2.23. The van der Waals surface area contributed by atoms with Gasteiger partial charge in [-0.05, 0) is 65.4 Å². The molecule has 6 heteroatoms. The first-order valence-corrected chi connectivity index (χ1v) is 10.8. The van der Waals surface area contributed by atoms with E-state index in [1.807, 2.05) is 59.5 Å². The molecule has 162 valence electrons. The SMILES string of the molecule is O=C(NO)c1ccc2c(c1)CN(C(=O)/C(=C\c1ccccc1)c1cccc(Cl)c1)CCC2. The highest BCUT2D eigenvalue weighted by Gasteiger charge is 2.24. The van der Waals surface area contributed by atoms with Gasteiger partial charge in [-0.25, -0.2) is 5.48 Å². The molecule has 2 N–H and O–H groups in total. The predicted molar refractivity (Wildman–Crippen MR) is 125 cm³/mol. The number of amides is 2. The van der Waals surface area contributed by atoms with Gasteiger partial charge in [0.25, 0.3) is 11.8 Å². The van der Waals surface area contributed by atoms with Crippen molar-refractivity contribution in [3.05, 3.63) is 106 Å². The number of halogens is 1. The highest BCUT2D eigenvalue weighted by molar-refractivity contribution is 6.31. The zero-order valence-corrected chi connectivity index (χ0v) is 18.2. The van der Waals surface area contributed by atoms with Gasteiger partial charge in [-0.15, -0.1) is 0 Å². The Labute approximate surface area is 191 Å². The summed E-state index contributed by atoms with van der Waals surface area (Å²) in [6, 6.07) is 22.3. The van der Waals surface area contributed by atoms with Crippen molar-refractivity contribution in [1.82, 2.24) is 10.4 Å². The smallest absolute Gasteiger partial charge is 0.274 e. The van der Waals surface area contributed by atoms with Gasteiger partial charge < -0.3 is 4.90 Å². The number of fused-ring (bicyclic) bond motifs is 1. The Morgan fingerprint density at radius 1 is 0.938 bits per heavy atom. The van der Waals surface area contributed by atoms with Crippen LogP contribution in [-0.4, -0.2) is 28.5 Å². The zero-order chi connectivity index (χ0) is 22.5. The van der Waals surface area contributed by atoms with E-state index in [4.69, 9.17) is 16.8 Å². The lowest BCUT2D eigenvalue weighted by molar-refractivity contribution is -0.125. The first-order valence-electron chi connectivity index (χ1n) is 10.4. The minimum Gasteiger partial charge on any atom is -0.334 e. The third-order valence-electron chi connectivity index (χ3n) is 5.57. The Morgan fingerprint density at radius 3 is 2.50 bits per heavy atom. The summed E-state index contributed by atoms with van der Waals surface area (Å²) in [4.78, 5) is 27.4. The molecule has 0 radical (unpaired) electrons. The van der Waals surface area contributed by atoms with Crippen molar-refractivity contribution in [2.45, 2.75) is 19.4 Å². The van der Waals surface area contributed by atoms with E-state index in [1.165, 1.54) is 0 Å². The van der Waals surface area contributed by atoms with E-state index in [0.29, 0.717) is 29.2 Å². The summed E-state index contributed by atoms with van der Waals surface area (Å²) in [6.45, 7) is 0.981. The standard InChI is InChI=1S/C26H23ClN2O3/c27-23-10-4-8-20(16-23)24(14-18-6-2-1-3-7-18)26(31)29-13-5-9-19-11-12-21(25(30)28-32)15-22(19)17-29/h1-4,6-8,10-12,14-16,32H,5,9,13,17H2,(H,28,30)/b24-14-. The van der Waals surface area contributed by atoms with Gasteiger partial charge in [0.15, 0.2) is 0 Å². The van der Waals surface area contributed by atoms with Crippen LogP contribution in [0, 0.1) is 0 Å². The molecule has 0 fully saturated rings. The number of aryl methyl sites for hydroxylation is 1. The number of carbonyl (C=O) groups is 2. The molecule has 32 heavy (non-hydrogen) atoms. The van der Waals surface area contributed by atoms with Gasteiger partial charge in [0.1, 0.15) is 0 Å². The number of hydroxylamine groups is 1. The largest absolute Gasteiger partial charge is 0.334 e. The van der Waals surface area contributed by atoms with Crippen molar-refractivity contribution in [2.75, 3.05) is 6.54 Å². The molecule has 1 aliphatic rings. The monoisotopic (exact) mass is 446 g/mol. The van der Waals surface area contributed by atoms with Gasteiger partial charge in [0.05, 0.1) is 0 Å². The fourth-order valence-electron chi connectivity index (χ4n) is 3.95. The van der Waals surface area contributed by atoms with Gasteiger partial charge in [0, 0.05) is 29.2 Å². The summed E-state index contributed by atoms with van der Waals surface area (Å²) in [6.07, 6.45) is 3.52. The van der Waals surface area contributed by atoms with E-state index in [0.717, 1.165) is 35.1 Å².